The number of carboxylic acids is 1. The van der Waals surface area contributed by atoms with E-state index in [1.54, 1.807) is 19.1 Å². The zero-order valence-corrected chi connectivity index (χ0v) is 16.6. The molecule has 3 aromatic rings. The molecular formula is C23H22N4O3. The summed E-state index contributed by atoms with van der Waals surface area (Å²) in [6.07, 6.45) is 4.78. The van der Waals surface area contributed by atoms with Crippen LogP contribution < -0.4 is 10.7 Å². The van der Waals surface area contributed by atoms with Crippen LogP contribution in [0.1, 0.15) is 29.3 Å². The Morgan fingerprint density at radius 3 is 2.60 bits per heavy atom. The number of rotatable bonds is 6. The molecule has 0 spiro atoms. The fraction of sp³-hybridized carbons (Fsp3) is 0.174. The highest BCUT2D eigenvalue weighted by atomic mass is 16.4. The quantitative estimate of drug-likeness (QED) is 0.616. The van der Waals surface area contributed by atoms with Gasteiger partial charge in [-0.2, -0.15) is 10.1 Å². The molecule has 7 nitrogen and oxygen atoms in total. The summed E-state index contributed by atoms with van der Waals surface area (Å²) in [7, 11) is 0. The predicted molar refractivity (Wildman–Crippen MR) is 118 cm³/mol. The number of aryl methyl sites for hydroxylation is 1. The maximum absolute atomic E-state index is 13.1. The minimum Gasteiger partial charge on any atom is -0.478 e. The van der Waals surface area contributed by atoms with Crippen molar-refractivity contribution < 1.29 is 14.7 Å². The molecule has 1 aromatic heterocycles. The lowest BCUT2D eigenvalue weighted by Gasteiger charge is -2.11. The smallest absolute Gasteiger partial charge is 0.335 e. The number of anilines is 1. The first kappa shape index (κ1) is 19.6. The topological polar surface area (TPSA) is 101 Å². The molecule has 0 bridgehead atoms. The molecule has 0 aliphatic carbocycles. The van der Waals surface area contributed by atoms with E-state index in [9.17, 15) is 9.59 Å². The van der Waals surface area contributed by atoms with Crippen molar-refractivity contribution in [3.05, 3.63) is 71.4 Å². The number of hydrogen-bond acceptors (Lipinski definition) is 4. The highest BCUT2D eigenvalue weighted by molar-refractivity contribution is 6.32. The van der Waals surface area contributed by atoms with E-state index in [1.807, 2.05) is 30.5 Å². The summed E-state index contributed by atoms with van der Waals surface area (Å²) in [6, 6.07) is 14.2. The molecule has 30 heavy (non-hydrogen) atoms. The lowest BCUT2D eigenvalue weighted by atomic mass is 10.1. The molecule has 0 fully saturated rings. The van der Waals surface area contributed by atoms with E-state index in [-0.39, 0.29) is 11.5 Å². The van der Waals surface area contributed by atoms with Crippen LogP contribution in [0.3, 0.4) is 0 Å². The van der Waals surface area contributed by atoms with Crippen LogP contribution in [0.2, 0.25) is 0 Å². The molecule has 1 aliphatic rings. The zero-order valence-electron chi connectivity index (χ0n) is 16.6. The molecule has 4 rings (SSSR count). The zero-order chi connectivity index (χ0) is 21.3. The second-order valence-electron chi connectivity index (χ2n) is 7.15. The molecule has 1 aliphatic heterocycles. The molecule has 0 unspecified atom stereocenters. The van der Waals surface area contributed by atoms with Gasteiger partial charge in [0, 0.05) is 29.2 Å². The van der Waals surface area contributed by atoms with E-state index in [0.717, 1.165) is 29.4 Å². The van der Waals surface area contributed by atoms with Gasteiger partial charge >= 0.3 is 5.97 Å². The van der Waals surface area contributed by atoms with Crippen molar-refractivity contribution in [2.24, 2.45) is 10.8 Å². The normalized spacial score (nSPS) is 15.3. The van der Waals surface area contributed by atoms with E-state index < -0.39 is 5.97 Å². The second kappa shape index (κ2) is 7.96. The van der Waals surface area contributed by atoms with Gasteiger partial charge < -0.3 is 15.4 Å². The third kappa shape index (κ3) is 3.51. The number of para-hydroxylation sites is 1. The molecule has 152 valence electrons. The second-order valence-corrected chi connectivity index (χ2v) is 7.15. The SMILES string of the molecule is CC1=NN(c2ccc(C(=O)O)cc2)C(=O)C1=Cc1cn(CCCN)c2ccccc12. The van der Waals surface area contributed by atoms with Crippen LogP contribution in [-0.2, 0) is 11.3 Å². The number of hydrazone groups is 1. The maximum atomic E-state index is 13.1. The molecule has 7 heteroatoms. The Bertz CT molecular complexity index is 1190. The van der Waals surface area contributed by atoms with Crippen molar-refractivity contribution in [3.63, 3.8) is 0 Å². The number of amides is 1. The number of aromatic nitrogens is 1. The Morgan fingerprint density at radius 1 is 1.17 bits per heavy atom. The first-order chi connectivity index (χ1) is 14.5. The van der Waals surface area contributed by atoms with Gasteiger partial charge in [-0.1, -0.05) is 18.2 Å². The summed E-state index contributed by atoms with van der Waals surface area (Å²) < 4.78 is 2.16. The van der Waals surface area contributed by atoms with Gasteiger partial charge in [-0.25, -0.2) is 4.79 Å². The van der Waals surface area contributed by atoms with Crippen LogP contribution >= 0.6 is 0 Å². The fourth-order valence-electron chi connectivity index (χ4n) is 3.60. The molecule has 0 saturated carbocycles. The number of aromatic carboxylic acids is 1. The number of carboxylic acid groups (broad SMARTS) is 1. The molecule has 0 saturated heterocycles. The largest absolute Gasteiger partial charge is 0.478 e. The van der Waals surface area contributed by atoms with Gasteiger partial charge in [-0.05, 0) is 56.3 Å². The summed E-state index contributed by atoms with van der Waals surface area (Å²) in [4.78, 5) is 24.1. The van der Waals surface area contributed by atoms with Gasteiger partial charge in [0.25, 0.3) is 5.91 Å². The summed E-state index contributed by atoms with van der Waals surface area (Å²) in [5, 5.41) is 15.8. The van der Waals surface area contributed by atoms with Crippen LogP contribution in [0.15, 0.2) is 65.4 Å². The standard InChI is InChI=1S/C23H22N4O3/c1-15-20(22(28)27(25-15)18-9-7-16(8-10-18)23(29)30)13-17-14-26(12-4-11-24)21-6-3-2-5-19(17)21/h2-3,5-10,13-14H,4,11-12,24H2,1H3,(H,29,30). The average Bonchev–Trinajstić information content (AvgIpc) is 3.25. The van der Waals surface area contributed by atoms with Crippen LogP contribution in [0.4, 0.5) is 5.69 Å². The van der Waals surface area contributed by atoms with Crippen molar-refractivity contribution in [3.8, 4) is 0 Å². The first-order valence-corrected chi connectivity index (χ1v) is 9.72. The highest BCUT2D eigenvalue weighted by Gasteiger charge is 2.29. The third-order valence-electron chi connectivity index (χ3n) is 5.14. The van der Waals surface area contributed by atoms with Crippen molar-refractivity contribution in [1.29, 1.82) is 0 Å². The third-order valence-corrected chi connectivity index (χ3v) is 5.14. The van der Waals surface area contributed by atoms with Crippen molar-refractivity contribution >= 4 is 40.3 Å². The molecule has 3 N–H and O–H groups in total. The Labute approximate surface area is 173 Å². The molecular weight excluding hydrogens is 380 g/mol. The lowest BCUT2D eigenvalue weighted by molar-refractivity contribution is -0.114. The molecule has 0 atom stereocenters. The molecule has 0 radical (unpaired) electrons. The number of nitrogens with two attached hydrogens (primary N) is 1. The van der Waals surface area contributed by atoms with Crippen LogP contribution in [0.25, 0.3) is 17.0 Å². The minimum atomic E-state index is -1.01. The van der Waals surface area contributed by atoms with E-state index in [2.05, 4.69) is 15.7 Å². The van der Waals surface area contributed by atoms with Gasteiger partial charge in [-0.3, -0.25) is 4.79 Å². The van der Waals surface area contributed by atoms with E-state index in [1.165, 1.54) is 17.1 Å². The van der Waals surface area contributed by atoms with Crippen LogP contribution in [-0.4, -0.2) is 33.8 Å². The number of benzene rings is 2. The number of hydrogen-bond donors (Lipinski definition) is 2. The first-order valence-electron chi connectivity index (χ1n) is 9.72. The van der Waals surface area contributed by atoms with E-state index in [0.29, 0.717) is 23.5 Å². The van der Waals surface area contributed by atoms with Crippen molar-refractivity contribution in [2.45, 2.75) is 19.9 Å². The minimum absolute atomic E-state index is 0.159. The maximum Gasteiger partial charge on any atom is 0.335 e. The highest BCUT2D eigenvalue weighted by Crippen LogP contribution is 2.28. The van der Waals surface area contributed by atoms with Crippen molar-refractivity contribution in [2.75, 3.05) is 11.6 Å². The van der Waals surface area contributed by atoms with Gasteiger partial charge in [-0.15, -0.1) is 0 Å². The van der Waals surface area contributed by atoms with Crippen LogP contribution in [0.5, 0.6) is 0 Å². The number of carbonyl (C=O) groups excluding carboxylic acids is 1. The summed E-state index contributed by atoms with van der Waals surface area (Å²) in [6.45, 7) is 3.22. The lowest BCUT2D eigenvalue weighted by Crippen LogP contribution is -2.21. The Morgan fingerprint density at radius 2 is 1.90 bits per heavy atom. The predicted octanol–water partition coefficient (Wildman–Crippen LogP) is 3.49. The summed E-state index contributed by atoms with van der Waals surface area (Å²) in [5.41, 5.74) is 9.52. The summed E-state index contributed by atoms with van der Waals surface area (Å²) in [5.74, 6) is -1.25. The Hall–Kier alpha value is -3.71. The van der Waals surface area contributed by atoms with E-state index >= 15 is 0 Å². The fourth-order valence-corrected chi connectivity index (χ4v) is 3.60. The molecule has 1 amide bonds. The van der Waals surface area contributed by atoms with Crippen LogP contribution in [0, 0.1) is 0 Å². The number of nitrogens with zero attached hydrogens (tertiary/aromatic N) is 3. The molecule has 2 heterocycles. The number of fused-ring (bicyclic) bond motifs is 1. The van der Waals surface area contributed by atoms with Gasteiger partial charge in [0.1, 0.15) is 0 Å². The van der Waals surface area contributed by atoms with E-state index in [4.69, 9.17) is 10.8 Å². The monoisotopic (exact) mass is 402 g/mol. The van der Waals surface area contributed by atoms with Crippen molar-refractivity contribution in [1.82, 2.24) is 4.57 Å². The Kier molecular flexibility index (Phi) is 5.20. The Balaban J connectivity index is 1.69. The van der Waals surface area contributed by atoms with Gasteiger partial charge in [0.05, 0.1) is 22.5 Å². The van der Waals surface area contributed by atoms with Gasteiger partial charge in [0.2, 0.25) is 0 Å². The molecule has 2 aromatic carbocycles. The average molecular weight is 402 g/mol. The summed E-state index contributed by atoms with van der Waals surface area (Å²) >= 11 is 0. The number of carbonyl (C=O) groups is 2. The van der Waals surface area contributed by atoms with Gasteiger partial charge in [0.15, 0.2) is 0 Å².